The Bertz CT molecular complexity index is 1260. The number of para-hydroxylation sites is 1. The number of carbonyl (C=O) groups excluding carboxylic acids is 2. The Balaban J connectivity index is 1.81. The second kappa shape index (κ2) is 7.51. The molecule has 5 heteroatoms. The lowest BCUT2D eigenvalue weighted by atomic mass is 9.67. The summed E-state index contributed by atoms with van der Waals surface area (Å²) in [7, 11) is 0. The van der Waals surface area contributed by atoms with Gasteiger partial charge in [-0.3, -0.25) is 9.59 Å². The minimum Gasteiger partial charge on any atom is -0.368 e. The molecule has 0 saturated carbocycles. The van der Waals surface area contributed by atoms with Gasteiger partial charge in [0, 0.05) is 17.2 Å². The van der Waals surface area contributed by atoms with Crippen molar-refractivity contribution in [2.75, 3.05) is 4.90 Å². The summed E-state index contributed by atoms with van der Waals surface area (Å²) in [5, 5.41) is 10.5. The highest BCUT2D eigenvalue weighted by atomic mass is 16.1. The lowest BCUT2D eigenvalue weighted by Crippen LogP contribution is -2.49. The molecular formula is C27H21N3O2. The van der Waals surface area contributed by atoms with Crippen molar-refractivity contribution in [3.63, 3.8) is 0 Å². The molecule has 0 bridgehead atoms. The first-order valence-corrected chi connectivity index (χ1v) is 10.5. The van der Waals surface area contributed by atoms with Crippen LogP contribution in [0, 0.1) is 16.7 Å². The zero-order valence-corrected chi connectivity index (χ0v) is 17.3. The van der Waals surface area contributed by atoms with E-state index >= 15 is 0 Å². The number of ketones is 1. The number of carbonyl (C=O) groups is 2. The topological polar surface area (TPSA) is 87.2 Å². The molecule has 0 aliphatic carbocycles. The van der Waals surface area contributed by atoms with Crippen LogP contribution in [0.1, 0.15) is 27.4 Å². The average Bonchev–Trinajstić information content (AvgIpc) is 3.16. The Morgan fingerprint density at radius 3 is 2.19 bits per heavy atom. The van der Waals surface area contributed by atoms with E-state index in [2.05, 4.69) is 6.07 Å². The number of fused-ring (bicyclic) bond motifs is 3. The SMILES string of the molecule is N#C[C@]1(C(N)=O)[C@H](c2ccccc2)[C@@H](C(=O)c2ccccc2)N2c3ccccc3C=C[C@@H]21. The van der Waals surface area contributed by atoms with E-state index in [0.717, 1.165) is 16.8 Å². The lowest BCUT2D eigenvalue weighted by Gasteiger charge is -2.36. The number of hydrogen-bond acceptors (Lipinski definition) is 4. The third kappa shape index (κ3) is 2.70. The second-order valence-corrected chi connectivity index (χ2v) is 8.18. The molecule has 2 heterocycles. The van der Waals surface area contributed by atoms with Crippen LogP contribution < -0.4 is 10.6 Å². The van der Waals surface area contributed by atoms with Crippen molar-refractivity contribution in [1.82, 2.24) is 0 Å². The summed E-state index contributed by atoms with van der Waals surface area (Å²) in [6.07, 6.45) is 3.74. The van der Waals surface area contributed by atoms with Crippen LogP contribution in [0.3, 0.4) is 0 Å². The van der Waals surface area contributed by atoms with Crippen molar-refractivity contribution < 1.29 is 9.59 Å². The number of hydrogen-bond donors (Lipinski definition) is 1. The third-order valence-corrected chi connectivity index (χ3v) is 6.62. The molecule has 0 aromatic heterocycles. The van der Waals surface area contributed by atoms with Gasteiger partial charge in [0.1, 0.15) is 6.04 Å². The molecule has 2 aliphatic rings. The highest BCUT2D eigenvalue weighted by Crippen LogP contribution is 2.55. The van der Waals surface area contributed by atoms with E-state index in [9.17, 15) is 14.9 Å². The molecule has 156 valence electrons. The lowest BCUT2D eigenvalue weighted by molar-refractivity contribution is -0.125. The van der Waals surface area contributed by atoms with Gasteiger partial charge in [-0.15, -0.1) is 0 Å². The molecule has 3 aromatic carbocycles. The number of rotatable bonds is 4. The molecule has 32 heavy (non-hydrogen) atoms. The van der Waals surface area contributed by atoms with Crippen LogP contribution in [-0.4, -0.2) is 23.8 Å². The largest absolute Gasteiger partial charge is 0.368 e. The number of amides is 1. The summed E-state index contributed by atoms with van der Waals surface area (Å²) >= 11 is 0. The number of benzene rings is 3. The number of nitrogens with two attached hydrogens (primary N) is 1. The van der Waals surface area contributed by atoms with Gasteiger partial charge in [0.05, 0.1) is 12.1 Å². The Morgan fingerprint density at radius 2 is 1.53 bits per heavy atom. The first kappa shape index (κ1) is 19.8. The molecule has 5 nitrogen and oxygen atoms in total. The second-order valence-electron chi connectivity index (χ2n) is 8.18. The molecule has 0 spiro atoms. The van der Waals surface area contributed by atoms with E-state index in [0.29, 0.717) is 5.56 Å². The van der Waals surface area contributed by atoms with E-state index in [1.165, 1.54) is 0 Å². The highest BCUT2D eigenvalue weighted by molar-refractivity contribution is 6.06. The van der Waals surface area contributed by atoms with E-state index in [1.54, 1.807) is 12.1 Å². The van der Waals surface area contributed by atoms with Gasteiger partial charge < -0.3 is 10.6 Å². The predicted octanol–water partition coefficient (Wildman–Crippen LogP) is 3.93. The van der Waals surface area contributed by atoms with Crippen LogP contribution in [0.15, 0.2) is 91.0 Å². The minimum absolute atomic E-state index is 0.145. The van der Waals surface area contributed by atoms with Gasteiger partial charge in [-0.05, 0) is 17.2 Å². The third-order valence-electron chi connectivity index (χ3n) is 6.62. The first-order valence-electron chi connectivity index (χ1n) is 10.5. The van der Waals surface area contributed by atoms with Gasteiger partial charge in [0.25, 0.3) is 0 Å². The quantitative estimate of drug-likeness (QED) is 0.649. The van der Waals surface area contributed by atoms with Crippen molar-refractivity contribution in [2.45, 2.75) is 18.0 Å². The summed E-state index contributed by atoms with van der Waals surface area (Å²) in [6.45, 7) is 0. The van der Waals surface area contributed by atoms with Crippen molar-refractivity contribution >= 4 is 23.5 Å². The number of anilines is 1. The monoisotopic (exact) mass is 419 g/mol. The number of primary amides is 1. The molecule has 3 aromatic rings. The van der Waals surface area contributed by atoms with Crippen molar-refractivity contribution in [3.8, 4) is 6.07 Å². The maximum atomic E-state index is 14.0. The smallest absolute Gasteiger partial charge is 0.241 e. The van der Waals surface area contributed by atoms with E-state index in [-0.39, 0.29) is 5.78 Å². The standard InChI is InChI=1S/C27H21N3O2/c28-17-27(26(29)32)22-16-15-18-9-7-8-14-21(18)30(22)24(23(27)19-10-3-1-4-11-19)25(31)20-12-5-2-6-13-20/h1-16,22-24H,(H2,29,32)/t22-,23-,24+,27-/m1/s1. The fourth-order valence-electron chi connectivity index (χ4n) is 5.23. The molecule has 2 N–H and O–H groups in total. The van der Waals surface area contributed by atoms with Crippen LogP contribution in [0.2, 0.25) is 0 Å². The summed E-state index contributed by atoms with van der Waals surface area (Å²) in [5.41, 5.74) is 7.37. The molecule has 2 aliphatic heterocycles. The molecule has 1 fully saturated rings. The van der Waals surface area contributed by atoms with Crippen LogP contribution in [0.5, 0.6) is 0 Å². The van der Waals surface area contributed by atoms with Gasteiger partial charge in [-0.1, -0.05) is 91.0 Å². The maximum Gasteiger partial charge on any atom is 0.241 e. The maximum absolute atomic E-state index is 14.0. The van der Waals surface area contributed by atoms with Gasteiger partial charge in [0.15, 0.2) is 11.2 Å². The summed E-state index contributed by atoms with van der Waals surface area (Å²) < 4.78 is 0. The molecule has 5 rings (SSSR count). The fraction of sp³-hybridized carbons (Fsp3) is 0.148. The molecule has 4 atom stereocenters. The Morgan fingerprint density at radius 1 is 0.906 bits per heavy atom. The van der Waals surface area contributed by atoms with Gasteiger partial charge in [0.2, 0.25) is 5.91 Å². The Kier molecular flexibility index (Phi) is 4.64. The Labute approximate surface area is 186 Å². The number of nitriles is 1. The predicted molar refractivity (Wildman–Crippen MR) is 123 cm³/mol. The minimum atomic E-state index is -1.61. The van der Waals surface area contributed by atoms with Gasteiger partial charge in [-0.25, -0.2) is 0 Å². The molecule has 1 amide bonds. The first-order chi connectivity index (χ1) is 15.6. The Hall–Kier alpha value is -4.17. The normalized spacial score (nSPS) is 25.5. The van der Waals surface area contributed by atoms with Crippen molar-refractivity contribution in [2.24, 2.45) is 11.1 Å². The number of Topliss-reactive ketones (excluding diaryl/α,β-unsaturated/α-hetero) is 1. The van der Waals surface area contributed by atoms with Crippen LogP contribution in [0.4, 0.5) is 5.69 Å². The zero-order chi connectivity index (χ0) is 22.3. The summed E-state index contributed by atoms with van der Waals surface area (Å²) in [4.78, 5) is 29.0. The molecule has 0 radical (unpaired) electrons. The zero-order valence-electron chi connectivity index (χ0n) is 17.3. The average molecular weight is 419 g/mol. The van der Waals surface area contributed by atoms with Crippen molar-refractivity contribution in [1.29, 1.82) is 5.26 Å². The molecule has 1 saturated heterocycles. The van der Waals surface area contributed by atoms with Crippen LogP contribution >= 0.6 is 0 Å². The molecular weight excluding hydrogens is 398 g/mol. The fourth-order valence-corrected chi connectivity index (χ4v) is 5.23. The summed E-state index contributed by atoms with van der Waals surface area (Å²) in [6, 6.07) is 26.8. The molecule has 0 unspecified atom stereocenters. The van der Waals surface area contributed by atoms with Crippen LogP contribution in [0.25, 0.3) is 6.08 Å². The van der Waals surface area contributed by atoms with Crippen LogP contribution in [-0.2, 0) is 4.79 Å². The van der Waals surface area contributed by atoms with E-state index in [1.807, 2.05) is 89.8 Å². The van der Waals surface area contributed by atoms with Crippen molar-refractivity contribution in [3.05, 3.63) is 108 Å². The summed E-state index contributed by atoms with van der Waals surface area (Å²) in [5.74, 6) is -1.61. The highest BCUT2D eigenvalue weighted by Gasteiger charge is 2.65. The number of nitrogens with zero attached hydrogens (tertiary/aromatic N) is 2. The van der Waals surface area contributed by atoms with Gasteiger partial charge >= 0.3 is 0 Å². The van der Waals surface area contributed by atoms with Gasteiger partial charge in [-0.2, -0.15) is 5.26 Å². The van der Waals surface area contributed by atoms with E-state index in [4.69, 9.17) is 5.73 Å². The van der Waals surface area contributed by atoms with E-state index < -0.39 is 29.3 Å².